The van der Waals surface area contributed by atoms with Gasteiger partial charge in [0.25, 0.3) is 0 Å². The fraction of sp³-hybridized carbons (Fsp3) is 0.750. The van der Waals surface area contributed by atoms with E-state index in [9.17, 15) is 4.39 Å². The molecule has 2 aliphatic rings. The Hall–Kier alpha value is -0.750. The molecule has 0 atom stereocenters. The average molecular weight is 385 g/mol. The van der Waals surface area contributed by atoms with Crippen LogP contribution in [0.15, 0.2) is 12.3 Å². The van der Waals surface area contributed by atoms with Gasteiger partial charge in [0, 0.05) is 31.8 Å². The lowest BCUT2D eigenvalue weighted by molar-refractivity contribution is 0.0000458. The summed E-state index contributed by atoms with van der Waals surface area (Å²) in [6, 6.07) is 1.38. The van der Waals surface area contributed by atoms with E-state index in [1.54, 1.807) is 7.11 Å². The molecule has 1 saturated heterocycles. The number of pyridine rings is 1. The van der Waals surface area contributed by atoms with Crippen molar-refractivity contribution >= 4 is 11.6 Å². The van der Waals surface area contributed by atoms with E-state index >= 15 is 0 Å². The minimum Gasteiger partial charge on any atom is -0.383 e. The Morgan fingerprint density at radius 3 is 2.69 bits per heavy atom. The number of hydrogen-bond donors (Lipinski definition) is 1. The molecule has 26 heavy (non-hydrogen) atoms. The fourth-order valence-corrected chi connectivity index (χ4v) is 4.71. The zero-order chi connectivity index (χ0) is 18.4. The van der Waals surface area contributed by atoms with Crippen molar-refractivity contribution in [1.29, 1.82) is 0 Å². The van der Waals surface area contributed by atoms with E-state index in [4.69, 9.17) is 21.1 Å². The molecule has 0 bridgehead atoms. The Bertz CT molecular complexity index is 567. The van der Waals surface area contributed by atoms with E-state index in [0.29, 0.717) is 10.9 Å². The standard InChI is InChI=1S/C20H30ClFN2O2/c1-25-14-20(7-10-26-11-8-20)24-9-6-15-2-4-16(5-3-15)19-18(21)12-17(22)13-23-19/h12-13,15-16,24H,2-11,14H2,1H3. The van der Waals surface area contributed by atoms with Crippen LogP contribution in [-0.2, 0) is 9.47 Å². The molecular weight excluding hydrogens is 355 g/mol. The zero-order valence-corrected chi connectivity index (χ0v) is 16.4. The van der Waals surface area contributed by atoms with Crippen LogP contribution in [0.4, 0.5) is 4.39 Å². The summed E-state index contributed by atoms with van der Waals surface area (Å²) in [5, 5.41) is 4.23. The van der Waals surface area contributed by atoms with Crippen molar-refractivity contribution in [3.05, 3.63) is 28.8 Å². The van der Waals surface area contributed by atoms with Gasteiger partial charge in [0.2, 0.25) is 0 Å². The molecule has 3 rings (SSSR count). The van der Waals surface area contributed by atoms with Gasteiger partial charge in [-0.25, -0.2) is 4.39 Å². The van der Waals surface area contributed by atoms with Crippen LogP contribution in [0, 0.1) is 11.7 Å². The third-order valence-corrected chi connectivity index (χ3v) is 6.30. The van der Waals surface area contributed by atoms with Crippen LogP contribution in [0.2, 0.25) is 5.02 Å². The monoisotopic (exact) mass is 384 g/mol. The van der Waals surface area contributed by atoms with Crippen LogP contribution in [0.1, 0.15) is 56.6 Å². The molecule has 0 amide bonds. The first-order valence-electron chi connectivity index (χ1n) is 9.74. The molecular formula is C20H30ClFN2O2. The summed E-state index contributed by atoms with van der Waals surface area (Å²) in [5.74, 6) is 0.733. The van der Waals surface area contributed by atoms with Crippen molar-refractivity contribution in [3.8, 4) is 0 Å². The lowest BCUT2D eigenvalue weighted by Gasteiger charge is -2.38. The van der Waals surface area contributed by atoms with Gasteiger partial charge in [-0.2, -0.15) is 0 Å². The van der Waals surface area contributed by atoms with Crippen LogP contribution in [-0.4, -0.2) is 44.0 Å². The average Bonchev–Trinajstić information content (AvgIpc) is 2.64. The third kappa shape index (κ3) is 5.16. The van der Waals surface area contributed by atoms with Gasteiger partial charge < -0.3 is 14.8 Å². The molecule has 4 nitrogen and oxygen atoms in total. The minimum absolute atomic E-state index is 0.0791. The van der Waals surface area contributed by atoms with E-state index in [-0.39, 0.29) is 11.4 Å². The van der Waals surface area contributed by atoms with Crippen LogP contribution < -0.4 is 5.32 Å². The number of methoxy groups -OCH3 is 1. The van der Waals surface area contributed by atoms with Crippen molar-refractivity contribution < 1.29 is 13.9 Å². The molecule has 146 valence electrons. The van der Waals surface area contributed by atoms with Crippen molar-refractivity contribution in [2.75, 3.05) is 33.5 Å². The second-order valence-electron chi connectivity index (χ2n) is 7.78. The van der Waals surface area contributed by atoms with E-state index in [2.05, 4.69) is 10.3 Å². The lowest BCUT2D eigenvalue weighted by Crippen LogP contribution is -2.53. The molecule has 1 N–H and O–H groups in total. The van der Waals surface area contributed by atoms with Crippen LogP contribution in [0.5, 0.6) is 0 Å². The third-order valence-electron chi connectivity index (χ3n) is 5.99. The van der Waals surface area contributed by atoms with E-state index in [0.717, 1.165) is 63.7 Å². The first-order chi connectivity index (χ1) is 12.6. The maximum Gasteiger partial charge on any atom is 0.142 e. The molecule has 0 aromatic carbocycles. The molecule has 1 aliphatic carbocycles. The molecule has 1 saturated carbocycles. The Balaban J connectivity index is 1.44. The summed E-state index contributed by atoms with van der Waals surface area (Å²) >= 11 is 6.18. The highest BCUT2D eigenvalue weighted by Gasteiger charge is 2.32. The quantitative estimate of drug-likeness (QED) is 0.760. The largest absolute Gasteiger partial charge is 0.383 e. The summed E-state index contributed by atoms with van der Waals surface area (Å²) < 4.78 is 24.1. The van der Waals surface area contributed by atoms with Gasteiger partial charge in [-0.1, -0.05) is 11.6 Å². The predicted molar refractivity (Wildman–Crippen MR) is 101 cm³/mol. The van der Waals surface area contributed by atoms with Crippen LogP contribution in [0.3, 0.4) is 0 Å². The minimum atomic E-state index is -0.364. The van der Waals surface area contributed by atoms with Gasteiger partial charge in [-0.05, 0) is 63.5 Å². The summed E-state index contributed by atoms with van der Waals surface area (Å²) in [7, 11) is 1.77. The van der Waals surface area contributed by atoms with E-state index < -0.39 is 0 Å². The molecule has 2 fully saturated rings. The van der Waals surface area contributed by atoms with Crippen molar-refractivity contribution in [2.45, 2.75) is 56.4 Å². The predicted octanol–water partition coefficient (Wildman–Crippen LogP) is 4.32. The lowest BCUT2D eigenvalue weighted by atomic mass is 9.79. The highest BCUT2D eigenvalue weighted by atomic mass is 35.5. The smallest absolute Gasteiger partial charge is 0.142 e. The second kappa shape index (κ2) is 9.45. The topological polar surface area (TPSA) is 43.4 Å². The van der Waals surface area contributed by atoms with Gasteiger partial charge in [0.05, 0.1) is 23.5 Å². The number of nitrogens with zero attached hydrogens (tertiary/aromatic N) is 1. The Morgan fingerprint density at radius 2 is 2.04 bits per heavy atom. The van der Waals surface area contributed by atoms with E-state index in [1.807, 2.05) is 0 Å². The Labute approximate surface area is 160 Å². The Morgan fingerprint density at radius 1 is 1.31 bits per heavy atom. The van der Waals surface area contributed by atoms with Gasteiger partial charge in [-0.15, -0.1) is 0 Å². The second-order valence-corrected chi connectivity index (χ2v) is 8.19. The first kappa shape index (κ1) is 20.0. The molecule has 6 heteroatoms. The molecule has 0 spiro atoms. The van der Waals surface area contributed by atoms with Gasteiger partial charge >= 0.3 is 0 Å². The van der Waals surface area contributed by atoms with Crippen LogP contribution >= 0.6 is 11.6 Å². The Kier molecular flexibility index (Phi) is 7.27. The maximum absolute atomic E-state index is 13.2. The first-order valence-corrected chi connectivity index (χ1v) is 10.1. The molecule has 1 aromatic rings. The highest BCUT2D eigenvalue weighted by molar-refractivity contribution is 6.31. The highest BCUT2D eigenvalue weighted by Crippen LogP contribution is 2.38. The summed E-state index contributed by atoms with van der Waals surface area (Å²) in [6.07, 6.45) is 9.03. The molecule has 1 aliphatic heterocycles. The summed E-state index contributed by atoms with van der Waals surface area (Å²) in [4.78, 5) is 4.23. The van der Waals surface area contributed by atoms with E-state index in [1.165, 1.54) is 31.5 Å². The van der Waals surface area contributed by atoms with Crippen molar-refractivity contribution in [1.82, 2.24) is 10.3 Å². The number of ether oxygens (including phenoxy) is 2. The number of halogens is 2. The number of nitrogens with one attached hydrogen (secondary N) is 1. The number of hydrogen-bond acceptors (Lipinski definition) is 4. The SMILES string of the molecule is COCC1(NCCC2CCC(c3ncc(F)cc3Cl)CC2)CCOCC1. The molecule has 0 unspecified atom stereocenters. The molecule has 0 radical (unpaired) electrons. The number of aromatic nitrogens is 1. The maximum atomic E-state index is 13.2. The molecule has 1 aromatic heterocycles. The fourth-order valence-electron chi connectivity index (χ4n) is 4.40. The van der Waals surface area contributed by atoms with Gasteiger partial charge in [0.1, 0.15) is 5.82 Å². The van der Waals surface area contributed by atoms with Gasteiger partial charge in [0.15, 0.2) is 0 Å². The van der Waals surface area contributed by atoms with Gasteiger partial charge in [-0.3, -0.25) is 4.98 Å². The zero-order valence-electron chi connectivity index (χ0n) is 15.6. The number of rotatable bonds is 7. The normalized spacial score (nSPS) is 26.0. The van der Waals surface area contributed by atoms with Crippen molar-refractivity contribution in [2.24, 2.45) is 5.92 Å². The summed E-state index contributed by atoms with van der Waals surface area (Å²) in [5.41, 5.74) is 0.946. The summed E-state index contributed by atoms with van der Waals surface area (Å²) in [6.45, 7) is 3.39. The van der Waals surface area contributed by atoms with Crippen molar-refractivity contribution in [3.63, 3.8) is 0 Å². The molecule has 2 heterocycles. The van der Waals surface area contributed by atoms with Crippen LogP contribution in [0.25, 0.3) is 0 Å².